The quantitative estimate of drug-likeness (QED) is 0.765. The predicted molar refractivity (Wildman–Crippen MR) is 63.1 cm³/mol. The molecule has 0 bridgehead atoms. The van der Waals surface area contributed by atoms with E-state index in [1.54, 1.807) is 6.26 Å². The summed E-state index contributed by atoms with van der Waals surface area (Å²) in [6.07, 6.45) is 1.64. The first kappa shape index (κ1) is 11.5. The third-order valence-corrected chi connectivity index (χ3v) is 2.87. The molecule has 0 aliphatic heterocycles. The monoisotopic (exact) mass is 233 g/mol. The number of furan rings is 1. The minimum absolute atomic E-state index is 0.302. The van der Waals surface area contributed by atoms with E-state index in [9.17, 15) is 4.79 Å². The molecule has 0 spiro atoms. The molecule has 2 aromatic rings. The van der Waals surface area contributed by atoms with E-state index in [2.05, 4.69) is 0 Å². The lowest BCUT2D eigenvalue weighted by Gasteiger charge is -2.07. The van der Waals surface area contributed by atoms with Crippen LogP contribution in [0.3, 0.4) is 0 Å². The number of rotatable bonds is 3. The molecule has 0 saturated carbocycles. The van der Waals surface area contributed by atoms with Crippen molar-refractivity contribution in [3.8, 4) is 0 Å². The second-order valence-corrected chi connectivity index (χ2v) is 3.94. The van der Waals surface area contributed by atoms with Crippen molar-refractivity contribution in [2.75, 3.05) is 7.11 Å². The van der Waals surface area contributed by atoms with Crippen LogP contribution in [-0.4, -0.2) is 17.6 Å². The topological polar surface area (TPSA) is 44.4 Å². The second-order valence-electron chi connectivity index (χ2n) is 3.94. The summed E-state index contributed by atoms with van der Waals surface area (Å²) in [6, 6.07) is 5.60. The van der Waals surface area contributed by atoms with Gasteiger partial charge in [-0.25, -0.2) is 4.79 Å². The first-order valence-electron chi connectivity index (χ1n) is 5.41. The van der Waals surface area contributed by atoms with Crippen molar-refractivity contribution in [2.45, 2.75) is 20.4 Å². The molecule has 0 aliphatic carbocycles. The summed E-state index contributed by atoms with van der Waals surface area (Å²) in [7, 11) is 1.39. The van der Waals surface area contributed by atoms with Crippen LogP contribution >= 0.6 is 0 Å². The Kier molecular flexibility index (Phi) is 3.04. The van der Waals surface area contributed by atoms with E-state index in [1.807, 2.05) is 36.6 Å². The van der Waals surface area contributed by atoms with Gasteiger partial charge >= 0.3 is 5.97 Å². The van der Waals surface area contributed by atoms with E-state index in [0.29, 0.717) is 12.1 Å². The van der Waals surface area contributed by atoms with E-state index in [4.69, 9.17) is 9.15 Å². The van der Waals surface area contributed by atoms with E-state index in [-0.39, 0.29) is 5.97 Å². The SMILES string of the molecule is COC(=O)c1cc(C)n(Cc2ccco2)c1C. The van der Waals surface area contributed by atoms with Gasteiger partial charge in [-0.3, -0.25) is 0 Å². The molecule has 0 fully saturated rings. The van der Waals surface area contributed by atoms with Crippen LogP contribution in [0.15, 0.2) is 28.9 Å². The maximum absolute atomic E-state index is 11.5. The van der Waals surface area contributed by atoms with Crippen molar-refractivity contribution in [1.82, 2.24) is 4.57 Å². The van der Waals surface area contributed by atoms with Gasteiger partial charge < -0.3 is 13.7 Å². The van der Waals surface area contributed by atoms with Gasteiger partial charge in [0.1, 0.15) is 5.76 Å². The molecule has 0 amide bonds. The molecular formula is C13H15NO3. The zero-order valence-corrected chi connectivity index (χ0v) is 10.2. The number of aryl methyl sites for hydroxylation is 1. The van der Waals surface area contributed by atoms with Crippen LogP contribution in [-0.2, 0) is 11.3 Å². The van der Waals surface area contributed by atoms with Crippen LogP contribution in [0.4, 0.5) is 0 Å². The Morgan fingerprint density at radius 2 is 2.24 bits per heavy atom. The Morgan fingerprint density at radius 3 is 2.82 bits per heavy atom. The highest BCUT2D eigenvalue weighted by atomic mass is 16.5. The summed E-state index contributed by atoms with van der Waals surface area (Å²) in [5, 5.41) is 0. The first-order chi connectivity index (χ1) is 8.13. The Balaban J connectivity index is 2.35. The molecule has 0 saturated heterocycles. The van der Waals surface area contributed by atoms with Gasteiger partial charge in [-0.2, -0.15) is 0 Å². The van der Waals surface area contributed by atoms with Crippen molar-refractivity contribution < 1.29 is 13.9 Å². The van der Waals surface area contributed by atoms with E-state index < -0.39 is 0 Å². The maximum atomic E-state index is 11.5. The van der Waals surface area contributed by atoms with Crippen molar-refractivity contribution >= 4 is 5.97 Å². The second kappa shape index (κ2) is 4.49. The van der Waals surface area contributed by atoms with Crippen LogP contribution < -0.4 is 0 Å². The van der Waals surface area contributed by atoms with Gasteiger partial charge in [0.25, 0.3) is 0 Å². The highest BCUT2D eigenvalue weighted by Gasteiger charge is 2.16. The average molecular weight is 233 g/mol. The molecule has 90 valence electrons. The summed E-state index contributed by atoms with van der Waals surface area (Å²) in [5.74, 6) is 0.562. The molecule has 4 heteroatoms. The van der Waals surface area contributed by atoms with Crippen molar-refractivity contribution in [3.63, 3.8) is 0 Å². The lowest BCUT2D eigenvalue weighted by Crippen LogP contribution is -2.06. The molecule has 0 atom stereocenters. The molecule has 0 N–H and O–H groups in total. The van der Waals surface area contributed by atoms with E-state index in [1.165, 1.54) is 7.11 Å². The van der Waals surface area contributed by atoms with Gasteiger partial charge in [-0.1, -0.05) is 0 Å². The lowest BCUT2D eigenvalue weighted by molar-refractivity contribution is 0.0599. The van der Waals surface area contributed by atoms with Crippen molar-refractivity contribution in [2.24, 2.45) is 0 Å². The number of aromatic nitrogens is 1. The van der Waals surface area contributed by atoms with Crippen molar-refractivity contribution in [1.29, 1.82) is 0 Å². The summed E-state index contributed by atoms with van der Waals surface area (Å²) in [4.78, 5) is 11.5. The molecule has 0 unspecified atom stereocenters. The van der Waals surface area contributed by atoms with Gasteiger partial charge in [0.2, 0.25) is 0 Å². The van der Waals surface area contributed by atoms with E-state index in [0.717, 1.165) is 17.1 Å². The molecule has 4 nitrogen and oxygen atoms in total. The third-order valence-electron chi connectivity index (χ3n) is 2.87. The summed E-state index contributed by atoms with van der Waals surface area (Å²) < 4.78 is 12.1. The summed E-state index contributed by atoms with van der Waals surface area (Å²) >= 11 is 0. The molecule has 0 aliphatic rings. The standard InChI is InChI=1S/C13H15NO3/c1-9-7-12(13(15)16-3)10(2)14(9)8-11-5-4-6-17-11/h4-7H,8H2,1-3H3. The molecule has 17 heavy (non-hydrogen) atoms. The minimum atomic E-state index is -0.302. The molecular weight excluding hydrogens is 218 g/mol. The number of hydrogen-bond donors (Lipinski definition) is 0. The minimum Gasteiger partial charge on any atom is -0.467 e. The number of esters is 1. The Bertz CT molecular complexity index is 523. The van der Waals surface area contributed by atoms with Gasteiger partial charge in [0.15, 0.2) is 0 Å². The predicted octanol–water partition coefficient (Wildman–Crippen LogP) is 2.53. The van der Waals surface area contributed by atoms with Crippen LogP contribution in [0.2, 0.25) is 0 Å². The fourth-order valence-electron chi connectivity index (χ4n) is 1.92. The lowest BCUT2D eigenvalue weighted by atomic mass is 10.2. The van der Waals surface area contributed by atoms with Gasteiger partial charge in [-0.15, -0.1) is 0 Å². The Labute approximate surface area is 99.8 Å². The Morgan fingerprint density at radius 1 is 1.47 bits per heavy atom. The number of hydrogen-bond acceptors (Lipinski definition) is 3. The third kappa shape index (κ3) is 2.11. The number of ether oxygens (including phenoxy) is 1. The largest absolute Gasteiger partial charge is 0.467 e. The number of methoxy groups -OCH3 is 1. The molecule has 0 aromatic carbocycles. The van der Waals surface area contributed by atoms with Crippen molar-refractivity contribution in [3.05, 3.63) is 47.2 Å². The van der Waals surface area contributed by atoms with Gasteiger partial charge in [0, 0.05) is 11.4 Å². The first-order valence-corrected chi connectivity index (χ1v) is 5.41. The molecule has 2 aromatic heterocycles. The molecule has 2 heterocycles. The zero-order chi connectivity index (χ0) is 12.4. The van der Waals surface area contributed by atoms with Gasteiger partial charge in [0.05, 0.1) is 25.5 Å². The van der Waals surface area contributed by atoms with Crippen LogP contribution in [0.5, 0.6) is 0 Å². The number of carbonyl (C=O) groups is 1. The maximum Gasteiger partial charge on any atom is 0.339 e. The molecule has 2 rings (SSSR count). The van der Waals surface area contributed by atoms with Crippen LogP contribution in [0, 0.1) is 13.8 Å². The highest BCUT2D eigenvalue weighted by Crippen LogP contribution is 2.18. The highest BCUT2D eigenvalue weighted by molar-refractivity contribution is 5.91. The van der Waals surface area contributed by atoms with Crippen LogP contribution in [0.25, 0.3) is 0 Å². The zero-order valence-electron chi connectivity index (χ0n) is 10.2. The fraction of sp³-hybridized carbons (Fsp3) is 0.308. The molecule has 0 radical (unpaired) electrons. The normalized spacial score (nSPS) is 10.5. The fourth-order valence-corrected chi connectivity index (χ4v) is 1.92. The smallest absolute Gasteiger partial charge is 0.339 e. The number of nitrogens with zero attached hydrogens (tertiary/aromatic N) is 1. The van der Waals surface area contributed by atoms with Crippen LogP contribution in [0.1, 0.15) is 27.5 Å². The summed E-state index contributed by atoms with van der Waals surface area (Å²) in [5.41, 5.74) is 2.52. The van der Waals surface area contributed by atoms with Gasteiger partial charge in [-0.05, 0) is 32.0 Å². The average Bonchev–Trinajstić information content (AvgIpc) is 2.91. The van der Waals surface area contributed by atoms with E-state index >= 15 is 0 Å². The Hall–Kier alpha value is -1.97. The number of carbonyl (C=O) groups excluding carboxylic acids is 1. The summed E-state index contributed by atoms with van der Waals surface area (Å²) in [6.45, 7) is 4.49.